The van der Waals surface area contributed by atoms with Gasteiger partial charge in [0.15, 0.2) is 5.54 Å². The quantitative estimate of drug-likeness (QED) is 0.885. The number of aliphatic carboxylic acids is 1. The number of rotatable bonds is 3. The van der Waals surface area contributed by atoms with E-state index in [1.54, 1.807) is 11.4 Å². The topological polar surface area (TPSA) is 75.6 Å². The Kier molecular flexibility index (Phi) is 3.50. The number of carbonyl (C=O) groups is 2. The molecule has 17 heavy (non-hydrogen) atoms. The van der Waals surface area contributed by atoms with Crippen LogP contribution < -0.4 is 5.32 Å². The van der Waals surface area contributed by atoms with E-state index in [0.29, 0.717) is 17.9 Å². The summed E-state index contributed by atoms with van der Waals surface area (Å²) in [6.07, 6.45) is 0.292. The molecule has 1 aromatic heterocycles. The summed E-state index contributed by atoms with van der Waals surface area (Å²) in [5.74, 6) is -1.44. The molecule has 0 bridgehead atoms. The minimum atomic E-state index is -1.28. The third-order valence-electron chi connectivity index (χ3n) is 2.58. The molecule has 0 spiro atoms. The first kappa shape index (κ1) is 12.5. The van der Waals surface area contributed by atoms with Crippen molar-refractivity contribution in [2.75, 3.05) is 13.2 Å². The lowest BCUT2D eigenvalue weighted by Crippen LogP contribution is -2.55. The Morgan fingerprint density at radius 2 is 2.35 bits per heavy atom. The van der Waals surface area contributed by atoms with Gasteiger partial charge in [-0.15, -0.1) is 11.3 Å². The molecule has 92 valence electrons. The van der Waals surface area contributed by atoms with Crippen LogP contribution in [0.4, 0.5) is 0 Å². The zero-order valence-electron chi connectivity index (χ0n) is 8.73. The van der Waals surface area contributed by atoms with Crippen molar-refractivity contribution in [1.29, 1.82) is 0 Å². The smallest absolute Gasteiger partial charge is 0.331 e. The SMILES string of the molecule is O=C(NC1(C(=O)O)CCOC1)c1cc(Br)cs1. The van der Waals surface area contributed by atoms with Crippen molar-refractivity contribution in [3.63, 3.8) is 0 Å². The standard InChI is InChI=1S/C10H10BrNO4S/c11-6-3-7(17-4-6)8(13)12-10(9(14)15)1-2-16-5-10/h3-4H,1-2,5H2,(H,12,13)(H,14,15). The molecule has 2 heterocycles. The molecule has 5 nitrogen and oxygen atoms in total. The zero-order valence-corrected chi connectivity index (χ0v) is 11.1. The Labute approximate surface area is 110 Å². The summed E-state index contributed by atoms with van der Waals surface area (Å²) in [4.78, 5) is 23.6. The van der Waals surface area contributed by atoms with Crippen LogP contribution in [0.1, 0.15) is 16.1 Å². The number of hydrogen-bond acceptors (Lipinski definition) is 4. The largest absolute Gasteiger partial charge is 0.479 e. The molecule has 1 atom stereocenters. The van der Waals surface area contributed by atoms with Crippen molar-refractivity contribution >= 4 is 39.1 Å². The van der Waals surface area contributed by atoms with Crippen LogP contribution in [0.25, 0.3) is 0 Å². The molecule has 0 saturated carbocycles. The molecule has 7 heteroatoms. The number of amides is 1. The van der Waals surface area contributed by atoms with Crippen molar-refractivity contribution in [2.24, 2.45) is 0 Å². The van der Waals surface area contributed by atoms with Crippen molar-refractivity contribution in [1.82, 2.24) is 5.32 Å². The highest BCUT2D eigenvalue weighted by molar-refractivity contribution is 9.10. The summed E-state index contributed by atoms with van der Waals surface area (Å²) >= 11 is 4.50. The van der Waals surface area contributed by atoms with Crippen molar-refractivity contribution in [3.8, 4) is 0 Å². The monoisotopic (exact) mass is 319 g/mol. The Morgan fingerprint density at radius 1 is 1.59 bits per heavy atom. The maximum atomic E-state index is 11.9. The van der Waals surface area contributed by atoms with Gasteiger partial charge in [-0.05, 0) is 22.0 Å². The number of ether oxygens (including phenoxy) is 1. The summed E-state index contributed by atoms with van der Waals surface area (Å²) in [7, 11) is 0. The van der Waals surface area contributed by atoms with E-state index in [2.05, 4.69) is 21.2 Å². The lowest BCUT2D eigenvalue weighted by Gasteiger charge is -2.23. The summed E-state index contributed by atoms with van der Waals surface area (Å²) in [5.41, 5.74) is -1.28. The molecule has 0 aliphatic carbocycles. The maximum absolute atomic E-state index is 11.9. The van der Waals surface area contributed by atoms with Gasteiger partial charge in [0.1, 0.15) is 0 Å². The van der Waals surface area contributed by atoms with E-state index in [0.717, 1.165) is 4.47 Å². The average Bonchev–Trinajstić information content (AvgIpc) is 2.87. The number of nitrogens with one attached hydrogen (secondary N) is 1. The van der Waals surface area contributed by atoms with Gasteiger partial charge >= 0.3 is 5.97 Å². The van der Waals surface area contributed by atoms with Crippen LogP contribution in [0.15, 0.2) is 15.9 Å². The molecule has 1 amide bonds. The third-order valence-corrected chi connectivity index (χ3v) is 4.26. The van der Waals surface area contributed by atoms with Gasteiger partial charge in [-0.3, -0.25) is 4.79 Å². The van der Waals surface area contributed by atoms with Gasteiger partial charge in [-0.25, -0.2) is 4.79 Å². The Morgan fingerprint density at radius 3 is 2.82 bits per heavy atom. The minimum absolute atomic E-state index is 0.0145. The molecule has 1 aliphatic heterocycles. The van der Waals surface area contributed by atoms with Crippen LogP contribution in [-0.2, 0) is 9.53 Å². The van der Waals surface area contributed by atoms with Crippen LogP contribution in [0.5, 0.6) is 0 Å². The first-order valence-electron chi connectivity index (χ1n) is 4.91. The van der Waals surface area contributed by atoms with E-state index in [-0.39, 0.29) is 12.5 Å². The van der Waals surface area contributed by atoms with Gasteiger partial charge in [0.05, 0.1) is 11.5 Å². The molecule has 2 N–H and O–H groups in total. The Balaban J connectivity index is 2.14. The second kappa shape index (κ2) is 4.75. The summed E-state index contributed by atoms with van der Waals surface area (Å²) in [6, 6.07) is 1.66. The molecular weight excluding hydrogens is 310 g/mol. The molecule has 1 aliphatic rings. The predicted molar refractivity (Wildman–Crippen MR) is 65.3 cm³/mol. The van der Waals surface area contributed by atoms with Gasteiger partial charge in [0.25, 0.3) is 5.91 Å². The summed E-state index contributed by atoms with van der Waals surface area (Å²) in [5, 5.41) is 13.5. The van der Waals surface area contributed by atoms with E-state index in [1.165, 1.54) is 11.3 Å². The molecule has 1 unspecified atom stereocenters. The molecule has 0 radical (unpaired) electrons. The highest BCUT2D eigenvalue weighted by Crippen LogP contribution is 2.23. The molecule has 1 fully saturated rings. The summed E-state index contributed by atoms with van der Waals surface area (Å²) in [6.45, 7) is 0.362. The van der Waals surface area contributed by atoms with Crippen LogP contribution in [0.2, 0.25) is 0 Å². The maximum Gasteiger partial charge on any atom is 0.331 e. The number of hydrogen-bond donors (Lipinski definition) is 2. The van der Waals surface area contributed by atoms with E-state index in [1.807, 2.05) is 0 Å². The average molecular weight is 320 g/mol. The fourth-order valence-electron chi connectivity index (χ4n) is 1.60. The second-order valence-electron chi connectivity index (χ2n) is 3.77. The van der Waals surface area contributed by atoms with E-state index >= 15 is 0 Å². The lowest BCUT2D eigenvalue weighted by atomic mass is 9.99. The van der Waals surface area contributed by atoms with Crippen LogP contribution in [0.3, 0.4) is 0 Å². The number of carbonyl (C=O) groups excluding carboxylic acids is 1. The highest BCUT2D eigenvalue weighted by Gasteiger charge is 2.44. The Bertz CT molecular complexity index is 453. The Hall–Kier alpha value is -0.920. The van der Waals surface area contributed by atoms with Gasteiger partial charge < -0.3 is 15.2 Å². The summed E-state index contributed by atoms with van der Waals surface area (Å²) < 4.78 is 5.87. The van der Waals surface area contributed by atoms with Gasteiger partial charge in [-0.2, -0.15) is 0 Å². The van der Waals surface area contributed by atoms with Crippen molar-refractivity contribution in [2.45, 2.75) is 12.0 Å². The fraction of sp³-hybridized carbons (Fsp3) is 0.400. The molecular formula is C10H10BrNO4S. The van der Waals surface area contributed by atoms with E-state index < -0.39 is 11.5 Å². The molecule has 2 rings (SSSR count). The number of halogens is 1. The lowest BCUT2D eigenvalue weighted by molar-refractivity contribution is -0.144. The number of carboxylic acids is 1. The molecule has 1 aromatic rings. The van der Waals surface area contributed by atoms with Crippen LogP contribution >= 0.6 is 27.3 Å². The minimum Gasteiger partial charge on any atom is -0.479 e. The van der Waals surface area contributed by atoms with Crippen molar-refractivity contribution in [3.05, 3.63) is 20.8 Å². The van der Waals surface area contributed by atoms with E-state index in [4.69, 9.17) is 9.84 Å². The normalized spacial score (nSPS) is 23.6. The highest BCUT2D eigenvalue weighted by atomic mass is 79.9. The van der Waals surface area contributed by atoms with Gasteiger partial charge in [0, 0.05) is 22.9 Å². The first-order chi connectivity index (χ1) is 8.03. The number of carboxylic acid groups (broad SMARTS) is 1. The second-order valence-corrected chi connectivity index (χ2v) is 5.60. The van der Waals surface area contributed by atoms with Gasteiger partial charge in [0.2, 0.25) is 0 Å². The van der Waals surface area contributed by atoms with E-state index in [9.17, 15) is 9.59 Å². The van der Waals surface area contributed by atoms with Crippen LogP contribution in [-0.4, -0.2) is 35.7 Å². The molecule has 1 saturated heterocycles. The van der Waals surface area contributed by atoms with Crippen LogP contribution in [0, 0.1) is 0 Å². The first-order valence-corrected chi connectivity index (χ1v) is 6.58. The fourth-order valence-corrected chi connectivity index (χ4v) is 2.92. The third kappa shape index (κ3) is 2.51. The number of thiophene rings is 1. The van der Waals surface area contributed by atoms with Crippen molar-refractivity contribution < 1.29 is 19.4 Å². The zero-order chi connectivity index (χ0) is 12.5. The predicted octanol–water partition coefficient (Wildman–Crippen LogP) is 1.48. The molecule has 0 aromatic carbocycles. The van der Waals surface area contributed by atoms with Gasteiger partial charge in [-0.1, -0.05) is 0 Å².